The summed E-state index contributed by atoms with van der Waals surface area (Å²) in [5, 5.41) is 7.81. The van der Waals surface area contributed by atoms with Crippen LogP contribution in [0.25, 0.3) is 66.1 Å². The Labute approximate surface area is 287 Å². The SMILES string of the molecule is c1ccc(C2=NC(c3cccc4c3oc3ccccc34)N=C(c3cc(-c4ccc(-c5ccccc5)cc4)cc4oc5ccccc5c34)N2)cc1. The van der Waals surface area contributed by atoms with Gasteiger partial charge in [-0.3, -0.25) is 0 Å². The molecule has 0 amide bonds. The predicted molar refractivity (Wildman–Crippen MR) is 204 cm³/mol. The molecule has 0 saturated carbocycles. The van der Waals surface area contributed by atoms with Gasteiger partial charge in [-0.05, 0) is 46.5 Å². The molecule has 10 rings (SSSR count). The number of rotatable bonds is 5. The Bertz CT molecular complexity index is 2770. The smallest absolute Gasteiger partial charge is 0.173 e. The molecule has 1 atom stereocenters. The summed E-state index contributed by atoms with van der Waals surface area (Å²) in [4.78, 5) is 10.6. The van der Waals surface area contributed by atoms with Gasteiger partial charge in [-0.25, -0.2) is 9.98 Å². The van der Waals surface area contributed by atoms with Gasteiger partial charge in [-0.1, -0.05) is 140 Å². The number of hydrogen-bond donors (Lipinski definition) is 1. The quantitative estimate of drug-likeness (QED) is 0.203. The van der Waals surface area contributed by atoms with E-state index in [2.05, 4.69) is 115 Å². The lowest BCUT2D eigenvalue weighted by Gasteiger charge is -2.23. The highest BCUT2D eigenvalue weighted by Gasteiger charge is 2.26. The maximum Gasteiger partial charge on any atom is 0.173 e. The second-order valence-electron chi connectivity index (χ2n) is 12.6. The number of nitrogens with zero attached hydrogens (tertiary/aromatic N) is 2. The Morgan fingerprint density at radius 2 is 1.00 bits per heavy atom. The van der Waals surface area contributed by atoms with Crippen LogP contribution >= 0.6 is 0 Å². The summed E-state index contributed by atoms with van der Waals surface area (Å²) in [5.41, 5.74) is 10.6. The van der Waals surface area contributed by atoms with Crippen molar-refractivity contribution >= 4 is 55.5 Å². The van der Waals surface area contributed by atoms with E-state index in [1.807, 2.05) is 54.6 Å². The number of amidine groups is 2. The van der Waals surface area contributed by atoms with Crippen LogP contribution in [0.15, 0.2) is 183 Å². The Morgan fingerprint density at radius 3 is 1.76 bits per heavy atom. The van der Waals surface area contributed by atoms with Gasteiger partial charge < -0.3 is 14.2 Å². The van der Waals surface area contributed by atoms with Crippen LogP contribution in [-0.4, -0.2) is 11.7 Å². The molecular formula is C45H29N3O2. The minimum atomic E-state index is -0.548. The fraction of sp³-hybridized carbons (Fsp3) is 0.0222. The van der Waals surface area contributed by atoms with Gasteiger partial charge in [0.15, 0.2) is 6.17 Å². The summed E-state index contributed by atoms with van der Waals surface area (Å²) in [5.74, 6) is 1.46. The zero-order chi connectivity index (χ0) is 33.0. The highest BCUT2D eigenvalue weighted by Crippen LogP contribution is 2.39. The van der Waals surface area contributed by atoms with Crippen molar-refractivity contribution in [3.8, 4) is 22.3 Å². The van der Waals surface area contributed by atoms with Gasteiger partial charge in [0, 0.05) is 38.2 Å². The number of fused-ring (bicyclic) bond motifs is 6. The van der Waals surface area contributed by atoms with E-state index in [9.17, 15) is 0 Å². The van der Waals surface area contributed by atoms with Crippen molar-refractivity contribution in [3.05, 3.63) is 180 Å². The molecular weight excluding hydrogens is 615 g/mol. The molecule has 0 fully saturated rings. The van der Waals surface area contributed by atoms with Crippen molar-refractivity contribution in [1.82, 2.24) is 5.32 Å². The molecule has 0 saturated heterocycles. The Kier molecular flexibility index (Phi) is 6.49. The zero-order valence-corrected chi connectivity index (χ0v) is 26.9. The predicted octanol–water partition coefficient (Wildman–Crippen LogP) is 11.3. The average molecular weight is 644 g/mol. The molecule has 0 spiro atoms. The molecule has 0 bridgehead atoms. The minimum Gasteiger partial charge on any atom is -0.456 e. The molecule has 1 unspecified atom stereocenters. The summed E-state index contributed by atoms with van der Waals surface area (Å²) in [6.07, 6.45) is -0.548. The zero-order valence-electron chi connectivity index (χ0n) is 26.9. The van der Waals surface area contributed by atoms with Crippen molar-refractivity contribution in [3.63, 3.8) is 0 Å². The third-order valence-electron chi connectivity index (χ3n) is 9.56. The second kappa shape index (κ2) is 11.5. The Hall–Kier alpha value is -6.72. The number of benzene rings is 7. The van der Waals surface area contributed by atoms with E-state index in [1.54, 1.807) is 0 Å². The largest absolute Gasteiger partial charge is 0.456 e. The van der Waals surface area contributed by atoms with Crippen LogP contribution in [0.3, 0.4) is 0 Å². The summed E-state index contributed by atoms with van der Waals surface area (Å²) >= 11 is 0. The van der Waals surface area contributed by atoms with Gasteiger partial charge in [0.05, 0.1) is 0 Å². The molecule has 0 radical (unpaired) electrons. The Balaban J connectivity index is 1.18. The van der Waals surface area contributed by atoms with Crippen LogP contribution in [-0.2, 0) is 0 Å². The summed E-state index contributed by atoms with van der Waals surface area (Å²) in [6.45, 7) is 0. The average Bonchev–Trinajstić information content (AvgIpc) is 3.77. The van der Waals surface area contributed by atoms with E-state index < -0.39 is 6.17 Å². The van der Waals surface area contributed by atoms with Gasteiger partial charge in [-0.15, -0.1) is 0 Å². The van der Waals surface area contributed by atoms with Gasteiger partial charge in [0.2, 0.25) is 0 Å². The fourth-order valence-electron chi connectivity index (χ4n) is 7.13. The number of nitrogens with one attached hydrogen (secondary N) is 1. The summed E-state index contributed by atoms with van der Waals surface area (Å²) in [6, 6.07) is 56.3. The summed E-state index contributed by atoms with van der Waals surface area (Å²) in [7, 11) is 0. The summed E-state index contributed by atoms with van der Waals surface area (Å²) < 4.78 is 13.0. The number of para-hydroxylation sites is 3. The topological polar surface area (TPSA) is 63.0 Å². The third kappa shape index (κ3) is 4.71. The molecule has 5 heteroatoms. The molecule has 236 valence electrons. The van der Waals surface area contributed by atoms with E-state index >= 15 is 0 Å². The number of hydrogen-bond acceptors (Lipinski definition) is 5. The van der Waals surface area contributed by atoms with Crippen molar-refractivity contribution in [1.29, 1.82) is 0 Å². The van der Waals surface area contributed by atoms with E-state index in [-0.39, 0.29) is 0 Å². The lowest BCUT2D eigenvalue weighted by atomic mass is 9.96. The van der Waals surface area contributed by atoms with Crippen LogP contribution in [0.1, 0.15) is 22.9 Å². The van der Waals surface area contributed by atoms with Crippen molar-refractivity contribution in [2.24, 2.45) is 9.98 Å². The highest BCUT2D eigenvalue weighted by molar-refractivity contribution is 6.24. The monoisotopic (exact) mass is 643 g/mol. The molecule has 5 nitrogen and oxygen atoms in total. The number of aliphatic imine (C=N–C) groups is 2. The number of furan rings is 2. The lowest BCUT2D eigenvalue weighted by molar-refractivity contribution is 0.649. The second-order valence-corrected chi connectivity index (χ2v) is 12.6. The van der Waals surface area contributed by atoms with Crippen LogP contribution in [0.4, 0.5) is 0 Å². The van der Waals surface area contributed by atoms with Crippen LogP contribution in [0.5, 0.6) is 0 Å². The van der Waals surface area contributed by atoms with Gasteiger partial charge >= 0.3 is 0 Å². The van der Waals surface area contributed by atoms with E-state index in [0.29, 0.717) is 0 Å². The van der Waals surface area contributed by atoms with Crippen molar-refractivity contribution in [2.75, 3.05) is 0 Å². The third-order valence-corrected chi connectivity index (χ3v) is 9.56. The minimum absolute atomic E-state index is 0.548. The van der Waals surface area contributed by atoms with E-state index in [4.69, 9.17) is 18.8 Å². The van der Waals surface area contributed by atoms with Gasteiger partial charge in [0.25, 0.3) is 0 Å². The highest BCUT2D eigenvalue weighted by atomic mass is 16.3. The molecule has 2 aromatic heterocycles. The lowest BCUT2D eigenvalue weighted by Crippen LogP contribution is -2.36. The molecule has 3 heterocycles. The normalized spacial score (nSPS) is 14.6. The Morgan fingerprint density at radius 1 is 0.420 bits per heavy atom. The molecule has 1 N–H and O–H groups in total. The molecule has 0 aliphatic carbocycles. The molecule has 9 aromatic rings. The molecule has 7 aromatic carbocycles. The maximum atomic E-state index is 6.53. The molecule has 1 aliphatic rings. The van der Waals surface area contributed by atoms with E-state index in [1.165, 1.54) is 11.1 Å². The van der Waals surface area contributed by atoms with Crippen LogP contribution in [0.2, 0.25) is 0 Å². The first-order valence-electron chi connectivity index (χ1n) is 16.8. The standard InChI is InChI=1S/C45H29N3O2/c1-3-12-28(13-4-1)29-22-24-30(25-23-29)32-26-37(41-35-17-8-10-21-39(35)49-40(41)27-32)45-47-43(31-14-5-2-6-15-31)46-44(48-45)36-19-11-18-34-33-16-7-9-20-38(33)50-42(34)36/h1-27,44H,(H,46,47,48). The first-order chi connectivity index (χ1) is 24.8. The van der Waals surface area contributed by atoms with Gasteiger partial charge in [-0.2, -0.15) is 0 Å². The molecule has 50 heavy (non-hydrogen) atoms. The van der Waals surface area contributed by atoms with E-state index in [0.717, 1.165) is 83.4 Å². The first kappa shape index (κ1) is 28.3. The molecule has 1 aliphatic heterocycles. The van der Waals surface area contributed by atoms with Crippen LogP contribution < -0.4 is 5.32 Å². The fourth-order valence-corrected chi connectivity index (χ4v) is 7.13. The van der Waals surface area contributed by atoms with Gasteiger partial charge in [0.1, 0.15) is 34.0 Å². The maximum absolute atomic E-state index is 6.53. The van der Waals surface area contributed by atoms with Crippen molar-refractivity contribution in [2.45, 2.75) is 6.17 Å². The first-order valence-corrected chi connectivity index (χ1v) is 16.8. The van der Waals surface area contributed by atoms with Crippen molar-refractivity contribution < 1.29 is 8.83 Å². The van der Waals surface area contributed by atoms with Crippen LogP contribution in [0, 0.1) is 0 Å².